The van der Waals surface area contributed by atoms with Crippen LogP contribution >= 0.6 is 34.9 Å². The van der Waals surface area contributed by atoms with Crippen LogP contribution in [-0.4, -0.2) is 41.2 Å². The molecule has 0 radical (unpaired) electrons. The topological polar surface area (TPSA) is 80.9 Å². The van der Waals surface area contributed by atoms with Crippen molar-refractivity contribution in [2.24, 2.45) is 5.73 Å². The summed E-state index contributed by atoms with van der Waals surface area (Å²) in [5.74, 6) is 0.231. The highest BCUT2D eigenvalue weighted by atomic mass is 32.2. The average molecular weight is 264 g/mol. The number of carbonyl (C=O) groups excluding carboxylic acids is 1. The van der Waals surface area contributed by atoms with Crippen molar-refractivity contribution in [2.75, 3.05) is 19.1 Å². The fraction of sp³-hybridized carbons (Fsp3) is 0.571. The van der Waals surface area contributed by atoms with Crippen molar-refractivity contribution in [2.45, 2.75) is 14.7 Å². The van der Waals surface area contributed by atoms with Crippen LogP contribution in [0.15, 0.2) is 8.68 Å². The molecular formula is C7H12N4OS3. The summed E-state index contributed by atoms with van der Waals surface area (Å²) >= 11 is 4.57. The maximum absolute atomic E-state index is 10.9. The molecule has 8 heteroatoms. The van der Waals surface area contributed by atoms with Gasteiger partial charge in [0.2, 0.25) is 5.91 Å². The molecule has 0 aliphatic rings. The van der Waals surface area contributed by atoms with Crippen molar-refractivity contribution < 1.29 is 4.79 Å². The fourth-order valence-corrected chi connectivity index (χ4v) is 3.38. The van der Waals surface area contributed by atoms with E-state index in [0.29, 0.717) is 5.75 Å². The zero-order valence-electron chi connectivity index (χ0n) is 8.39. The van der Waals surface area contributed by atoms with Gasteiger partial charge in [-0.15, -0.1) is 10.2 Å². The number of nitrogens with two attached hydrogens (primary N) is 1. The Hall–Kier alpha value is -0.310. The van der Waals surface area contributed by atoms with Crippen LogP contribution in [0.3, 0.4) is 0 Å². The first-order chi connectivity index (χ1) is 7.17. The third kappa shape index (κ3) is 3.98. The summed E-state index contributed by atoms with van der Waals surface area (Å²) in [6, 6.07) is -0.323. The van der Waals surface area contributed by atoms with Gasteiger partial charge in [-0.1, -0.05) is 34.9 Å². The predicted octanol–water partition coefficient (Wildman–Crippen LogP) is 0.425. The maximum atomic E-state index is 10.9. The minimum atomic E-state index is -0.348. The van der Waals surface area contributed by atoms with E-state index in [1.54, 1.807) is 18.8 Å². The number of primary amides is 1. The molecule has 3 N–H and O–H groups in total. The number of carbonyl (C=O) groups is 1. The van der Waals surface area contributed by atoms with Gasteiger partial charge in [-0.3, -0.25) is 4.79 Å². The lowest BCUT2D eigenvalue weighted by molar-refractivity contribution is -0.119. The lowest BCUT2D eigenvalue weighted by Gasteiger charge is -2.09. The van der Waals surface area contributed by atoms with E-state index >= 15 is 0 Å². The summed E-state index contributed by atoms with van der Waals surface area (Å²) in [5.41, 5.74) is 5.19. The van der Waals surface area contributed by atoms with Crippen LogP contribution in [0.5, 0.6) is 0 Å². The number of likely N-dealkylation sites (N-methyl/N-ethyl adjacent to an activating group) is 1. The quantitative estimate of drug-likeness (QED) is 0.725. The molecule has 5 nitrogen and oxygen atoms in total. The zero-order chi connectivity index (χ0) is 11.3. The van der Waals surface area contributed by atoms with Crippen LogP contribution < -0.4 is 11.1 Å². The van der Waals surface area contributed by atoms with Crippen molar-refractivity contribution in [3.05, 3.63) is 0 Å². The molecule has 1 unspecified atom stereocenters. The average Bonchev–Trinajstić information content (AvgIpc) is 2.66. The minimum Gasteiger partial charge on any atom is -0.368 e. The molecule has 0 aliphatic carbocycles. The molecule has 0 saturated carbocycles. The summed E-state index contributed by atoms with van der Waals surface area (Å²) in [5, 5.41) is 10.8. The molecule has 1 aromatic heterocycles. The Morgan fingerprint density at radius 2 is 2.27 bits per heavy atom. The molecule has 1 amide bonds. The summed E-state index contributed by atoms with van der Waals surface area (Å²) in [6.07, 6.45) is 1.95. The van der Waals surface area contributed by atoms with Gasteiger partial charge < -0.3 is 11.1 Å². The molecule has 1 rings (SSSR count). The third-order valence-corrected chi connectivity index (χ3v) is 4.75. The SMILES string of the molecule is CNC(CSc1nnc(SC)s1)C(N)=O. The maximum Gasteiger partial charge on any atom is 0.235 e. The highest BCUT2D eigenvalue weighted by Crippen LogP contribution is 2.27. The smallest absolute Gasteiger partial charge is 0.235 e. The van der Waals surface area contributed by atoms with E-state index in [2.05, 4.69) is 15.5 Å². The summed E-state index contributed by atoms with van der Waals surface area (Å²) in [6.45, 7) is 0. The summed E-state index contributed by atoms with van der Waals surface area (Å²) in [7, 11) is 1.71. The monoisotopic (exact) mass is 264 g/mol. The Bertz CT molecular complexity index is 330. The first-order valence-corrected chi connectivity index (χ1v) is 7.17. The molecule has 84 valence electrons. The van der Waals surface area contributed by atoms with Crippen LogP contribution in [0.2, 0.25) is 0 Å². The van der Waals surface area contributed by atoms with Gasteiger partial charge in [0.05, 0.1) is 6.04 Å². The molecule has 0 aromatic carbocycles. The summed E-state index contributed by atoms with van der Waals surface area (Å²) in [4.78, 5) is 10.9. The highest BCUT2D eigenvalue weighted by Gasteiger charge is 2.14. The normalized spacial score (nSPS) is 12.7. The molecule has 0 bridgehead atoms. The van der Waals surface area contributed by atoms with Crippen LogP contribution in [0.1, 0.15) is 0 Å². The molecule has 0 saturated heterocycles. The van der Waals surface area contributed by atoms with Gasteiger partial charge in [0.1, 0.15) is 0 Å². The number of hydrogen-bond acceptors (Lipinski definition) is 7. The lowest BCUT2D eigenvalue weighted by atomic mass is 10.3. The highest BCUT2D eigenvalue weighted by molar-refractivity contribution is 8.03. The van der Waals surface area contributed by atoms with Crippen molar-refractivity contribution in [3.8, 4) is 0 Å². The van der Waals surface area contributed by atoms with Crippen molar-refractivity contribution in [3.63, 3.8) is 0 Å². The molecule has 15 heavy (non-hydrogen) atoms. The van der Waals surface area contributed by atoms with Gasteiger partial charge in [-0.05, 0) is 13.3 Å². The molecule has 1 atom stereocenters. The number of nitrogens with one attached hydrogen (secondary N) is 1. The van der Waals surface area contributed by atoms with Gasteiger partial charge in [0.25, 0.3) is 0 Å². The van der Waals surface area contributed by atoms with Crippen LogP contribution in [-0.2, 0) is 4.79 Å². The molecule has 0 spiro atoms. The second-order valence-corrected chi connectivity index (χ2v) is 5.89. The largest absolute Gasteiger partial charge is 0.368 e. The Kier molecular flexibility index (Phi) is 5.37. The third-order valence-electron chi connectivity index (χ3n) is 1.63. The molecular weight excluding hydrogens is 252 g/mol. The van der Waals surface area contributed by atoms with E-state index in [1.807, 2.05) is 6.26 Å². The number of rotatable bonds is 6. The molecule has 1 aromatic rings. The summed E-state index contributed by atoms with van der Waals surface area (Å²) < 4.78 is 1.79. The van der Waals surface area contributed by atoms with Crippen molar-refractivity contribution in [1.29, 1.82) is 0 Å². The van der Waals surface area contributed by atoms with E-state index in [1.165, 1.54) is 23.1 Å². The predicted molar refractivity (Wildman–Crippen MR) is 64.5 cm³/mol. The van der Waals surface area contributed by atoms with Gasteiger partial charge >= 0.3 is 0 Å². The van der Waals surface area contributed by atoms with Gasteiger partial charge in [0.15, 0.2) is 8.68 Å². The Morgan fingerprint density at radius 1 is 1.60 bits per heavy atom. The van der Waals surface area contributed by atoms with Gasteiger partial charge in [-0.2, -0.15) is 0 Å². The second kappa shape index (κ2) is 6.31. The molecule has 0 fully saturated rings. The second-order valence-electron chi connectivity index (χ2n) is 2.59. The van der Waals surface area contributed by atoms with E-state index in [4.69, 9.17) is 5.73 Å². The van der Waals surface area contributed by atoms with Gasteiger partial charge in [0, 0.05) is 5.75 Å². The Morgan fingerprint density at radius 3 is 2.73 bits per heavy atom. The van der Waals surface area contributed by atoms with E-state index in [-0.39, 0.29) is 11.9 Å². The van der Waals surface area contributed by atoms with Crippen LogP contribution in [0.25, 0.3) is 0 Å². The lowest BCUT2D eigenvalue weighted by Crippen LogP contribution is -2.41. The van der Waals surface area contributed by atoms with Crippen LogP contribution in [0.4, 0.5) is 0 Å². The molecule has 0 aliphatic heterocycles. The van der Waals surface area contributed by atoms with Gasteiger partial charge in [-0.25, -0.2) is 0 Å². The number of hydrogen-bond donors (Lipinski definition) is 2. The van der Waals surface area contributed by atoms with Crippen molar-refractivity contribution >= 4 is 40.8 Å². The van der Waals surface area contributed by atoms with Crippen LogP contribution in [0, 0.1) is 0 Å². The van der Waals surface area contributed by atoms with E-state index in [0.717, 1.165) is 8.68 Å². The number of nitrogens with zero attached hydrogens (tertiary/aromatic N) is 2. The minimum absolute atomic E-state index is 0.323. The van der Waals surface area contributed by atoms with E-state index < -0.39 is 0 Å². The number of thioether (sulfide) groups is 2. The fourth-order valence-electron chi connectivity index (χ4n) is 0.800. The Labute approximate surface area is 101 Å². The Balaban J connectivity index is 2.45. The van der Waals surface area contributed by atoms with E-state index in [9.17, 15) is 4.79 Å². The van der Waals surface area contributed by atoms with Crippen molar-refractivity contribution in [1.82, 2.24) is 15.5 Å². The molecule has 1 heterocycles. The number of amides is 1. The standard InChI is InChI=1S/C7H12N4OS3/c1-9-4(5(8)12)3-14-7-11-10-6(13-2)15-7/h4,9H,3H2,1-2H3,(H2,8,12). The first-order valence-electron chi connectivity index (χ1n) is 4.14. The zero-order valence-corrected chi connectivity index (χ0v) is 10.8. The number of aromatic nitrogens is 2. The first kappa shape index (κ1) is 12.8.